The highest BCUT2D eigenvalue weighted by Crippen LogP contribution is 2.48. The van der Waals surface area contributed by atoms with Crippen LogP contribution < -0.4 is 0 Å². The van der Waals surface area contributed by atoms with Crippen molar-refractivity contribution >= 4 is 10.8 Å². The fraction of sp³-hybridized carbons (Fsp3) is 0.500. The maximum atomic E-state index is 2.40. The highest BCUT2D eigenvalue weighted by atomic mass is 14.4. The van der Waals surface area contributed by atoms with Crippen molar-refractivity contribution in [1.82, 2.24) is 0 Å². The molecular formula is C20H26. The highest BCUT2D eigenvalue weighted by molar-refractivity contribution is 5.91. The lowest BCUT2D eigenvalue weighted by molar-refractivity contribution is 0.301. The van der Waals surface area contributed by atoms with Crippen LogP contribution in [0.4, 0.5) is 0 Å². The smallest absolute Gasteiger partial charge is 0.0101 e. The minimum atomic E-state index is 0.339. The Morgan fingerprint density at radius 1 is 1.05 bits per heavy atom. The van der Waals surface area contributed by atoms with Gasteiger partial charge in [0.1, 0.15) is 0 Å². The Kier molecular flexibility index (Phi) is 3.16. The third-order valence-electron chi connectivity index (χ3n) is 4.92. The Labute approximate surface area is 123 Å². The first-order chi connectivity index (χ1) is 9.39. The molecule has 0 nitrogen and oxygen atoms in total. The topological polar surface area (TPSA) is 0 Å². The van der Waals surface area contributed by atoms with Crippen LogP contribution in [0.25, 0.3) is 10.8 Å². The molecule has 0 bridgehead atoms. The van der Waals surface area contributed by atoms with Gasteiger partial charge in [0, 0.05) is 0 Å². The summed E-state index contributed by atoms with van der Waals surface area (Å²) in [5.74, 6) is 1.28. The van der Waals surface area contributed by atoms with E-state index < -0.39 is 0 Å². The van der Waals surface area contributed by atoms with E-state index in [0.29, 0.717) is 17.3 Å². The van der Waals surface area contributed by atoms with Gasteiger partial charge in [-0.3, -0.25) is 0 Å². The molecule has 0 fully saturated rings. The van der Waals surface area contributed by atoms with Crippen molar-refractivity contribution in [2.24, 2.45) is 5.41 Å². The van der Waals surface area contributed by atoms with Crippen molar-refractivity contribution in [3.05, 3.63) is 47.0 Å². The molecule has 0 heteroatoms. The van der Waals surface area contributed by atoms with Gasteiger partial charge in [-0.2, -0.15) is 0 Å². The van der Waals surface area contributed by atoms with Crippen LogP contribution in [0.15, 0.2) is 30.3 Å². The molecule has 1 aliphatic carbocycles. The van der Waals surface area contributed by atoms with E-state index in [0.717, 1.165) is 0 Å². The fourth-order valence-electron chi connectivity index (χ4n) is 3.90. The quantitative estimate of drug-likeness (QED) is 0.590. The first-order valence-electron chi connectivity index (χ1n) is 7.94. The maximum Gasteiger partial charge on any atom is -0.0101 e. The second kappa shape index (κ2) is 4.62. The van der Waals surface area contributed by atoms with Gasteiger partial charge in [0.2, 0.25) is 0 Å². The van der Waals surface area contributed by atoms with Gasteiger partial charge < -0.3 is 0 Å². The molecule has 1 unspecified atom stereocenters. The summed E-state index contributed by atoms with van der Waals surface area (Å²) in [4.78, 5) is 0. The van der Waals surface area contributed by atoms with E-state index >= 15 is 0 Å². The molecule has 0 heterocycles. The minimum absolute atomic E-state index is 0.339. The third-order valence-corrected chi connectivity index (χ3v) is 4.92. The van der Waals surface area contributed by atoms with Crippen LogP contribution in [-0.4, -0.2) is 0 Å². The molecule has 0 radical (unpaired) electrons. The van der Waals surface area contributed by atoms with Crippen molar-refractivity contribution in [2.45, 2.75) is 59.3 Å². The molecule has 1 aliphatic rings. The Morgan fingerprint density at radius 3 is 2.45 bits per heavy atom. The van der Waals surface area contributed by atoms with E-state index in [-0.39, 0.29) is 0 Å². The monoisotopic (exact) mass is 266 g/mol. The van der Waals surface area contributed by atoms with Crippen molar-refractivity contribution < 1.29 is 0 Å². The Hall–Kier alpha value is -1.30. The van der Waals surface area contributed by atoms with Gasteiger partial charge in [0.15, 0.2) is 0 Å². The van der Waals surface area contributed by atoms with Crippen LogP contribution in [-0.2, 0) is 6.42 Å². The van der Waals surface area contributed by atoms with Crippen LogP contribution >= 0.6 is 0 Å². The molecular weight excluding hydrogens is 240 g/mol. The third kappa shape index (κ3) is 2.06. The van der Waals surface area contributed by atoms with Gasteiger partial charge in [-0.05, 0) is 57.6 Å². The zero-order chi connectivity index (χ0) is 14.5. The van der Waals surface area contributed by atoms with Crippen LogP contribution in [0, 0.1) is 5.41 Å². The van der Waals surface area contributed by atoms with Crippen LogP contribution in [0.3, 0.4) is 0 Å². The summed E-state index contributed by atoms with van der Waals surface area (Å²) in [6.07, 6.45) is 2.52. The van der Waals surface area contributed by atoms with E-state index in [4.69, 9.17) is 0 Å². The summed E-state index contributed by atoms with van der Waals surface area (Å²) in [5.41, 5.74) is 5.10. The van der Waals surface area contributed by atoms with Gasteiger partial charge in [-0.15, -0.1) is 0 Å². The molecule has 0 amide bonds. The fourth-order valence-corrected chi connectivity index (χ4v) is 3.90. The number of hydrogen-bond donors (Lipinski definition) is 0. The number of aryl methyl sites for hydroxylation is 1. The molecule has 0 aliphatic heterocycles. The van der Waals surface area contributed by atoms with E-state index in [1.54, 1.807) is 22.1 Å². The summed E-state index contributed by atoms with van der Waals surface area (Å²) in [6, 6.07) is 11.5. The van der Waals surface area contributed by atoms with Crippen molar-refractivity contribution in [3.63, 3.8) is 0 Å². The molecule has 0 N–H and O–H groups in total. The maximum absolute atomic E-state index is 2.40. The molecule has 106 valence electrons. The van der Waals surface area contributed by atoms with Crippen molar-refractivity contribution in [2.75, 3.05) is 0 Å². The number of rotatable bonds is 1. The SMILES string of the molecule is CC(C)c1ccc2cccc3c2c1C(C(C)(C)C)CC3. The van der Waals surface area contributed by atoms with Gasteiger partial charge in [-0.1, -0.05) is 65.0 Å². The zero-order valence-electron chi connectivity index (χ0n) is 13.5. The molecule has 2 aromatic rings. The summed E-state index contributed by atoms with van der Waals surface area (Å²) in [5, 5.41) is 2.99. The van der Waals surface area contributed by atoms with E-state index in [9.17, 15) is 0 Å². The average molecular weight is 266 g/mol. The van der Waals surface area contributed by atoms with E-state index in [1.807, 2.05) is 0 Å². The summed E-state index contributed by atoms with van der Waals surface area (Å²) < 4.78 is 0. The van der Waals surface area contributed by atoms with Crippen molar-refractivity contribution in [1.29, 1.82) is 0 Å². The van der Waals surface area contributed by atoms with E-state index in [2.05, 4.69) is 65.0 Å². The molecule has 0 spiro atoms. The van der Waals surface area contributed by atoms with Crippen LogP contribution in [0.5, 0.6) is 0 Å². The van der Waals surface area contributed by atoms with Crippen LogP contribution in [0.2, 0.25) is 0 Å². The normalized spacial score (nSPS) is 18.8. The van der Waals surface area contributed by atoms with E-state index in [1.165, 1.54) is 18.2 Å². The molecule has 0 saturated carbocycles. The lowest BCUT2D eigenvalue weighted by atomic mass is 9.67. The summed E-state index contributed by atoms with van der Waals surface area (Å²) >= 11 is 0. The average Bonchev–Trinajstić information content (AvgIpc) is 2.38. The lowest BCUT2D eigenvalue weighted by Gasteiger charge is -2.38. The summed E-state index contributed by atoms with van der Waals surface area (Å²) in [6.45, 7) is 11.8. The molecule has 2 aromatic carbocycles. The zero-order valence-corrected chi connectivity index (χ0v) is 13.5. The molecule has 0 saturated heterocycles. The predicted molar refractivity (Wildman–Crippen MR) is 88.6 cm³/mol. The van der Waals surface area contributed by atoms with Gasteiger partial charge >= 0.3 is 0 Å². The molecule has 3 rings (SSSR count). The predicted octanol–water partition coefficient (Wildman–Crippen LogP) is 6.04. The number of benzene rings is 2. The highest BCUT2D eigenvalue weighted by Gasteiger charge is 2.33. The van der Waals surface area contributed by atoms with Gasteiger partial charge in [0.05, 0.1) is 0 Å². The lowest BCUT2D eigenvalue weighted by Crippen LogP contribution is -2.24. The Bertz CT molecular complexity index is 641. The van der Waals surface area contributed by atoms with Gasteiger partial charge in [-0.25, -0.2) is 0 Å². The second-order valence-corrected chi connectivity index (χ2v) is 7.70. The van der Waals surface area contributed by atoms with Crippen LogP contribution in [0.1, 0.15) is 69.6 Å². The molecule has 20 heavy (non-hydrogen) atoms. The largest absolute Gasteiger partial charge is 0.0614 e. The molecule has 1 atom stereocenters. The first-order valence-corrected chi connectivity index (χ1v) is 7.94. The summed E-state index contributed by atoms with van der Waals surface area (Å²) in [7, 11) is 0. The van der Waals surface area contributed by atoms with Gasteiger partial charge in [0.25, 0.3) is 0 Å². The number of hydrogen-bond acceptors (Lipinski definition) is 0. The standard InChI is InChI=1S/C20H26/c1-13(2)16-11-9-14-7-6-8-15-10-12-17(20(3,4)5)19(16)18(14)15/h6-9,11,13,17H,10,12H2,1-5H3. The molecule has 0 aromatic heterocycles. The Morgan fingerprint density at radius 2 is 1.80 bits per heavy atom. The minimum Gasteiger partial charge on any atom is -0.0614 e. The Balaban J connectivity index is 2.38. The second-order valence-electron chi connectivity index (χ2n) is 7.70. The van der Waals surface area contributed by atoms with Crippen molar-refractivity contribution in [3.8, 4) is 0 Å². The first kappa shape index (κ1) is 13.7.